The van der Waals surface area contributed by atoms with Crippen molar-refractivity contribution in [1.82, 2.24) is 25.1 Å². The largest absolute Gasteiger partial charge is 0.385 e. The Kier molecular flexibility index (Phi) is 5.85. The monoisotopic (exact) mass is 408 g/mol. The first-order valence-corrected chi connectivity index (χ1v) is 10.4. The second-order valence-electron chi connectivity index (χ2n) is 7.93. The Labute approximate surface area is 175 Å². The number of rotatable bonds is 6. The number of aromatic amines is 1. The zero-order chi connectivity index (χ0) is 21.1. The molecule has 4 rings (SSSR count). The summed E-state index contributed by atoms with van der Waals surface area (Å²) >= 11 is 0. The molecule has 30 heavy (non-hydrogen) atoms. The molecule has 8 nitrogen and oxygen atoms in total. The van der Waals surface area contributed by atoms with E-state index in [0.29, 0.717) is 11.7 Å². The van der Waals surface area contributed by atoms with E-state index in [0.717, 1.165) is 67.7 Å². The number of nitrogens with one attached hydrogen (secondary N) is 2. The van der Waals surface area contributed by atoms with Crippen LogP contribution in [0.4, 0.5) is 0 Å². The predicted octanol–water partition coefficient (Wildman–Crippen LogP) is 1.02. The number of aromatic nitrogens is 2. The number of hydrogen-bond acceptors (Lipinski definition) is 6. The second-order valence-corrected chi connectivity index (χ2v) is 7.93. The number of nitrogens with two attached hydrogens (primary N) is 1. The zero-order valence-electron chi connectivity index (χ0n) is 17.2. The number of allylic oxidation sites excluding steroid dienone is 2. The van der Waals surface area contributed by atoms with E-state index in [1.807, 2.05) is 18.3 Å². The van der Waals surface area contributed by atoms with Gasteiger partial charge in [-0.05, 0) is 42.5 Å². The van der Waals surface area contributed by atoms with Crippen molar-refractivity contribution in [3.63, 3.8) is 0 Å². The molecule has 2 aromatic rings. The summed E-state index contributed by atoms with van der Waals surface area (Å²) in [5.41, 5.74) is 9.76. The number of H-pyrrole nitrogens is 1. The van der Waals surface area contributed by atoms with Crippen molar-refractivity contribution < 1.29 is 4.79 Å². The highest BCUT2D eigenvalue weighted by atomic mass is 16.1. The number of carbonyl (C=O) groups is 1. The molecular formula is C22H28N6O2. The van der Waals surface area contributed by atoms with Gasteiger partial charge in [0.15, 0.2) is 0 Å². The summed E-state index contributed by atoms with van der Waals surface area (Å²) in [6.07, 6.45) is 8.97. The summed E-state index contributed by atoms with van der Waals surface area (Å²) in [6, 6.07) is 3.98. The van der Waals surface area contributed by atoms with Crippen LogP contribution in [0.5, 0.6) is 0 Å². The summed E-state index contributed by atoms with van der Waals surface area (Å²) in [5, 5.41) is 2.53. The van der Waals surface area contributed by atoms with E-state index in [-0.39, 0.29) is 11.5 Å². The lowest BCUT2D eigenvalue weighted by Gasteiger charge is -2.36. The number of pyridine rings is 2. The van der Waals surface area contributed by atoms with Crippen molar-refractivity contribution in [1.29, 1.82) is 0 Å². The van der Waals surface area contributed by atoms with Gasteiger partial charge in [-0.25, -0.2) is 0 Å². The minimum absolute atomic E-state index is 0.0188. The Morgan fingerprint density at radius 1 is 1.30 bits per heavy atom. The molecule has 2 fully saturated rings. The Hall–Kier alpha value is -3.13. The molecular weight excluding hydrogens is 380 g/mol. The van der Waals surface area contributed by atoms with E-state index >= 15 is 0 Å². The number of carbonyl (C=O) groups excluding carboxylic acids is 1. The van der Waals surface area contributed by atoms with Crippen molar-refractivity contribution in [2.24, 2.45) is 5.73 Å². The fourth-order valence-electron chi connectivity index (χ4n) is 3.77. The Bertz CT molecular complexity index is 1050. The standard InChI is InChI=1S/C22H28N6O2/c1-24-21(29)4-2-3-20(23)28-9-7-27(8-10-28)14-15-11-19-18(25-13-15)12-17(16-5-6-16)22(30)26-19/h2-4,11-13,16H,5-10,14,23H2,1H3,(H,24,29)(H,26,30)/b4-2+,20-3+. The van der Waals surface area contributed by atoms with E-state index in [2.05, 4.69) is 25.1 Å². The molecule has 4 N–H and O–H groups in total. The van der Waals surface area contributed by atoms with Gasteiger partial charge in [-0.2, -0.15) is 0 Å². The molecule has 1 amide bonds. The van der Waals surface area contributed by atoms with Gasteiger partial charge in [-0.1, -0.05) is 6.08 Å². The van der Waals surface area contributed by atoms with Crippen LogP contribution in [0.3, 0.4) is 0 Å². The fourth-order valence-corrected chi connectivity index (χ4v) is 3.77. The Morgan fingerprint density at radius 3 is 2.77 bits per heavy atom. The van der Waals surface area contributed by atoms with E-state index in [9.17, 15) is 9.59 Å². The summed E-state index contributed by atoms with van der Waals surface area (Å²) in [6.45, 7) is 4.17. The average molecular weight is 409 g/mol. The summed E-state index contributed by atoms with van der Waals surface area (Å²) < 4.78 is 0. The van der Waals surface area contributed by atoms with Crippen LogP contribution in [0.25, 0.3) is 11.0 Å². The molecule has 1 aliphatic heterocycles. The zero-order valence-corrected chi connectivity index (χ0v) is 17.2. The third-order valence-electron chi connectivity index (χ3n) is 5.70. The van der Waals surface area contributed by atoms with Crippen LogP contribution in [0.1, 0.15) is 29.9 Å². The van der Waals surface area contributed by atoms with Gasteiger partial charge in [0.05, 0.1) is 16.9 Å². The van der Waals surface area contributed by atoms with Crippen molar-refractivity contribution in [3.8, 4) is 0 Å². The minimum atomic E-state index is -0.155. The normalized spacial score (nSPS) is 18.3. The SMILES string of the molecule is CNC(=O)/C=C/C=C(\N)N1CCN(Cc2cnc3cc(C4CC4)c(=O)[nH]c3c2)CC1. The number of nitrogens with zero attached hydrogens (tertiary/aromatic N) is 3. The number of likely N-dealkylation sites (N-methyl/N-ethyl adjacent to an activating group) is 1. The molecule has 0 bridgehead atoms. The van der Waals surface area contributed by atoms with E-state index in [4.69, 9.17) is 5.73 Å². The molecule has 1 saturated carbocycles. The van der Waals surface area contributed by atoms with Crippen LogP contribution < -0.4 is 16.6 Å². The second kappa shape index (κ2) is 8.71. The number of hydrogen-bond donors (Lipinski definition) is 3. The van der Waals surface area contributed by atoms with Gasteiger partial charge in [-0.3, -0.25) is 19.5 Å². The van der Waals surface area contributed by atoms with Gasteiger partial charge in [0.1, 0.15) is 0 Å². The lowest BCUT2D eigenvalue weighted by Crippen LogP contribution is -2.46. The van der Waals surface area contributed by atoms with Crippen LogP contribution in [-0.2, 0) is 11.3 Å². The Morgan fingerprint density at radius 2 is 2.07 bits per heavy atom. The van der Waals surface area contributed by atoms with Crippen LogP contribution in [0.15, 0.2) is 47.2 Å². The van der Waals surface area contributed by atoms with Gasteiger partial charge in [0.25, 0.3) is 5.56 Å². The smallest absolute Gasteiger partial charge is 0.252 e. The molecule has 3 heterocycles. The van der Waals surface area contributed by atoms with Crippen LogP contribution >= 0.6 is 0 Å². The van der Waals surface area contributed by atoms with Crippen LogP contribution in [0, 0.1) is 0 Å². The average Bonchev–Trinajstić information content (AvgIpc) is 3.58. The molecule has 1 saturated heterocycles. The first-order chi connectivity index (χ1) is 14.5. The van der Waals surface area contributed by atoms with Gasteiger partial charge < -0.3 is 20.9 Å². The highest BCUT2D eigenvalue weighted by Crippen LogP contribution is 2.38. The van der Waals surface area contributed by atoms with Crippen molar-refractivity contribution in [2.45, 2.75) is 25.3 Å². The number of fused-ring (bicyclic) bond motifs is 1. The first kappa shape index (κ1) is 20.2. The fraction of sp³-hybridized carbons (Fsp3) is 0.409. The number of piperazine rings is 1. The highest BCUT2D eigenvalue weighted by molar-refractivity contribution is 5.87. The van der Waals surface area contributed by atoms with Gasteiger partial charge in [0, 0.05) is 57.6 Å². The van der Waals surface area contributed by atoms with E-state index < -0.39 is 0 Å². The quantitative estimate of drug-likeness (QED) is 0.487. The molecule has 0 unspecified atom stereocenters. The first-order valence-electron chi connectivity index (χ1n) is 10.4. The lowest BCUT2D eigenvalue weighted by molar-refractivity contribution is -0.116. The van der Waals surface area contributed by atoms with Gasteiger partial charge >= 0.3 is 0 Å². The Balaban J connectivity index is 1.35. The topological polar surface area (TPSA) is 107 Å². The maximum Gasteiger partial charge on any atom is 0.252 e. The molecule has 2 aliphatic rings. The molecule has 1 aliphatic carbocycles. The van der Waals surface area contributed by atoms with Crippen LogP contribution in [-0.4, -0.2) is 58.9 Å². The van der Waals surface area contributed by atoms with E-state index in [1.54, 1.807) is 19.2 Å². The van der Waals surface area contributed by atoms with Crippen LogP contribution in [0.2, 0.25) is 0 Å². The third-order valence-corrected chi connectivity index (χ3v) is 5.70. The molecule has 0 spiro atoms. The summed E-state index contributed by atoms with van der Waals surface area (Å²) in [7, 11) is 1.59. The number of amides is 1. The predicted molar refractivity (Wildman–Crippen MR) is 117 cm³/mol. The van der Waals surface area contributed by atoms with E-state index in [1.165, 1.54) is 6.08 Å². The minimum Gasteiger partial charge on any atom is -0.385 e. The molecule has 158 valence electrons. The van der Waals surface area contributed by atoms with Crippen molar-refractivity contribution in [2.75, 3.05) is 33.2 Å². The molecule has 2 aromatic heterocycles. The summed E-state index contributed by atoms with van der Waals surface area (Å²) in [5.74, 6) is 0.917. The molecule has 0 radical (unpaired) electrons. The molecule has 0 aromatic carbocycles. The van der Waals surface area contributed by atoms with Gasteiger partial charge in [-0.15, -0.1) is 0 Å². The van der Waals surface area contributed by atoms with Crippen molar-refractivity contribution >= 4 is 16.9 Å². The van der Waals surface area contributed by atoms with Crippen molar-refractivity contribution in [3.05, 3.63) is 63.9 Å². The highest BCUT2D eigenvalue weighted by Gasteiger charge is 2.26. The molecule has 8 heteroatoms. The molecule has 0 atom stereocenters. The maximum atomic E-state index is 12.3. The maximum absolute atomic E-state index is 12.3. The summed E-state index contributed by atoms with van der Waals surface area (Å²) in [4.78, 5) is 35.6. The third kappa shape index (κ3) is 4.71. The van der Waals surface area contributed by atoms with Gasteiger partial charge in [0.2, 0.25) is 5.91 Å². The lowest BCUT2D eigenvalue weighted by atomic mass is 10.1.